The van der Waals surface area contributed by atoms with E-state index in [2.05, 4.69) is 82.2 Å². The molecule has 0 aromatic heterocycles. The molecule has 2 heterocycles. The fraction of sp³-hybridized carbons (Fsp3) is 0.519. The van der Waals surface area contributed by atoms with Crippen molar-refractivity contribution < 1.29 is 0 Å². The van der Waals surface area contributed by atoms with Crippen molar-refractivity contribution in [1.29, 1.82) is 5.26 Å². The second-order valence-electron chi connectivity index (χ2n) is 9.55. The Morgan fingerprint density at radius 3 is 1.91 bits per heavy atom. The summed E-state index contributed by atoms with van der Waals surface area (Å²) in [6, 6.07) is 17.8. The fourth-order valence-corrected chi connectivity index (χ4v) is 4.82. The highest BCUT2D eigenvalue weighted by molar-refractivity contribution is 5.66. The summed E-state index contributed by atoms with van der Waals surface area (Å²) in [5.41, 5.74) is 5.62. The first kappa shape index (κ1) is 22.9. The normalized spacial score (nSPS) is 19.9. The highest BCUT2D eigenvalue weighted by atomic mass is 15.2. The minimum atomic E-state index is 0.804. The summed E-state index contributed by atoms with van der Waals surface area (Å²) < 4.78 is 0. The average Bonchev–Trinajstić information content (AvgIpc) is 3.14. The second-order valence-corrected chi connectivity index (χ2v) is 9.55. The van der Waals surface area contributed by atoms with Crippen LogP contribution in [0.25, 0.3) is 11.1 Å². The minimum Gasteiger partial charge on any atom is -0.305 e. The molecule has 5 nitrogen and oxygen atoms in total. The Kier molecular flexibility index (Phi) is 7.94. The summed E-state index contributed by atoms with van der Waals surface area (Å²) >= 11 is 0. The first-order chi connectivity index (χ1) is 15.6. The number of nitrogens with zero attached hydrogens (tertiary/aromatic N) is 5. The molecule has 0 amide bonds. The fourth-order valence-electron chi connectivity index (χ4n) is 4.82. The van der Waals surface area contributed by atoms with E-state index in [1.165, 1.54) is 37.1 Å². The van der Waals surface area contributed by atoms with Crippen LogP contribution in [0.15, 0.2) is 42.5 Å². The lowest BCUT2D eigenvalue weighted by atomic mass is 9.98. The van der Waals surface area contributed by atoms with Crippen molar-refractivity contribution in [3.05, 3.63) is 59.2 Å². The van der Waals surface area contributed by atoms with Crippen LogP contribution in [-0.2, 0) is 13.1 Å². The molecule has 170 valence electrons. The summed E-state index contributed by atoms with van der Waals surface area (Å²) in [5, 5.41) is 9.80. The van der Waals surface area contributed by atoms with E-state index >= 15 is 0 Å². The quantitative estimate of drug-likeness (QED) is 0.724. The second kappa shape index (κ2) is 11.1. The van der Waals surface area contributed by atoms with Crippen LogP contribution in [-0.4, -0.2) is 86.1 Å². The van der Waals surface area contributed by atoms with Gasteiger partial charge in [0.2, 0.25) is 0 Å². The number of nitriles is 1. The predicted molar refractivity (Wildman–Crippen MR) is 131 cm³/mol. The molecule has 2 saturated heterocycles. The molecule has 2 aromatic rings. The number of hydrogen-bond donors (Lipinski definition) is 0. The molecule has 0 unspecified atom stereocenters. The van der Waals surface area contributed by atoms with E-state index in [0.717, 1.165) is 69.0 Å². The van der Waals surface area contributed by atoms with Crippen molar-refractivity contribution in [3.63, 3.8) is 0 Å². The highest BCUT2D eigenvalue weighted by Crippen LogP contribution is 2.24. The van der Waals surface area contributed by atoms with Crippen molar-refractivity contribution >= 4 is 0 Å². The van der Waals surface area contributed by atoms with E-state index in [9.17, 15) is 5.26 Å². The van der Waals surface area contributed by atoms with Crippen LogP contribution in [0.1, 0.15) is 29.5 Å². The lowest BCUT2D eigenvalue weighted by molar-refractivity contribution is 0.269. The molecule has 0 N–H and O–H groups in total. The van der Waals surface area contributed by atoms with Crippen LogP contribution in [0, 0.1) is 11.3 Å². The van der Waals surface area contributed by atoms with Crippen molar-refractivity contribution in [2.75, 3.05) is 66.5 Å². The first-order valence-corrected chi connectivity index (χ1v) is 12.0. The smallest absolute Gasteiger partial charge is 0.0995 e. The van der Waals surface area contributed by atoms with Crippen LogP contribution < -0.4 is 0 Å². The summed E-state index contributed by atoms with van der Waals surface area (Å²) in [5.74, 6) is 0. The Bertz CT molecular complexity index is 917. The predicted octanol–water partition coefficient (Wildman–Crippen LogP) is 3.50. The van der Waals surface area contributed by atoms with E-state index in [-0.39, 0.29) is 0 Å². The Labute approximate surface area is 193 Å². The van der Waals surface area contributed by atoms with Crippen molar-refractivity contribution in [1.82, 2.24) is 19.6 Å². The zero-order valence-electron chi connectivity index (χ0n) is 19.8. The van der Waals surface area contributed by atoms with E-state index in [1.807, 2.05) is 0 Å². The van der Waals surface area contributed by atoms with Crippen molar-refractivity contribution in [2.45, 2.75) is 25.9 Å². The molecule has 2 aliphatic rings. The number of rotatable bonds is 5. The number of likely N-dealkylation sites (N-methyl/N-ethyl adjacent to an activating group) is 2. The van der Waals surface area contributed by atoms with E-state index < -0.39 is 0 Å². The van der Waals surface area contributed by atoms with Gasteiger partial charge in [-0.3, -0.25) is 9.80 Å². The maximum Gasteiger partial charge on any atom is 0.0995 e. The molecular weight excluding hydrogens is 394 g/mol. The van der Waals surface area contributed by atoms with Gasteiger partial charge < -0.3 is 9.80 Å². The zero-order chi connectivity index (χ0) is 22.3. The average molecular weight is 432 g/mol. The molecule has 2 aliphatic heterocycles. The van der Waals surface area contributed by atoms with Crippen molar-refractivity contribution in [2.24, 2.45) is 0 Å². The third-order valence-electron chi connectivity index (χ3n) is 6.94. The molecule has 2 fully saturated rings. The molecule has 0 radical (unpaired) electrons. The van der Waals surface area contributed by atoms with Gasteiger partial charge in [-0.1, -0.05) is 36.4 Å². The zero-order valence-corrected chi connectivity index (χ0v) is 19.8. The molecule has 5 heteroatoms. The number of benzene rings is 2. The molecule has 4 rings (SSSR count). The molecule has 2 aromatic carbocycles. The van der Waals surface area contributed by atoms with Gasteiger partial charge in [0.05, 0.1) is 11.6 Å². The van der Waals surface area contributed by atoms with Crippen molar-refractivity contribution in [3.8, 4) is 17.2 Å². The van der Waals surface area contributed by atoms with Gasteiger partial charge >= 0.3 is 0 Å². The molecule has 0 aliphatic carbocycles. The van der Waals surface area contributed by atoms with Gasteiger partial charge in [0.25, 0.3) is 0 Å². The van der Waals surface area contributed by atoms with E-state index in [0.29, 0.717) is 0 Å². The Hall–Kier alpha value is -2.23. The van der Waals surface area contributed by atoms with Gasteiger partial charge in [-0.05, 0) is 81.4 Å². The third-order valence-corrected chi connectivity index (χ3v) is 6.94. The summed E-state index contributed by atoms with van der Waals surface area (Å²) in [4.78, 5) is 9.85. The minimum absolute atomic E-state index is 0.804. The Balaban J connectivity index is 1.41. The highest BCUT2D eigenvalue weighted by Gasteiger charge is 2.15. The topological polar surface area (TPSA) is 36.8 Å². The van der Waals surface area contributed by atoms with Gasteiger partial charge in [-0.2, -0.15) is 5.26 Å². The van der Waals surface area contributed by atoms with Gasteiger partial charge in [0.1, 0.15) is 0 Å². The summed E-state index contributed by atoms with van der Waals surface area (Å²) in [7, 11) is 4.41. The van der Waals surface area contributed by atoms with Crippen LogP contribution in [0.3, 0.4) is 0 Å². The standard InChI is InChI=1S/C27H37N5/c1-29-11-3-13-31(17-15-29)21-23-5-7-24(8-6-23)25-9-10-26(27(19-25)20-28)22-32-14-4-12-30(2)16-18-32/h5-10,19H,3-4,11-18,21-22H2,1-2H3. The number of hydrogen-bond acceptors (Lipinski definition) is 5. The van der Waals surface area contributed by atoms with Gasteiger partial charge in [0, 0.05) is 39.3 Å². The van der Waals surface area contributed by atoms with E-state index in [4.69, 9.17) is 0 Å². The SMILES string of the molecule is CN1CCCN(Cc2ccc(-c3ccc(CN4CCCN(C)CC4)c(C#N)c3)cc2)CC1. The van der Waals surface area contributed by atoms with Gasteiger partial charge in [-0.15, -0.1) is 0 Å². The van der Waals surface area contributed by atoms with Crippen LogP contribution in [0.4, 0.5) is 0 Å². The third kappa shape index (κ3) is 6.17. The summed E-state index contributed by atoms with van der Waals surface area (Å²) in [6.07, 6.45) is 2.43. The molecule has 0 spiro atoms. The molecular formula is C27H37N5. The summed E-state index contributed by atoms with van der Waals surface area (Å²) in [6.45, 7) is 11.0. The van der Waals surface area contributed by atoms with Crippen LogP contribution in [0.5, 0.6) is 0 Å². The van der Waals surface area contributed by atoms with Gasteiger partial charge in [0.15, 0.2) is 0 Å². The largest absolute Gasteiger partial charge is 0.305 e. The molecule has 0 saturated carbocycles. The molecule has 0 atom stereocenters. The monoisotopic (exact) mass is 431 g/mol. The molecule has 0 bridgehead atoms. The van der Waals surface area contributed by atoms with E-state index in [1.54, 1.807) is 0 Å². The first-order valence-electron chi connectivity index (χ1n) is 12.0. The van der Waals surface area contributed by atoms with Gasteiger partial charge in [-0.25, -0.2) is 0 Å². The Morgan fingerprint density at radius 2 is 1.28 bits per heavy atom. The lowest BCUT2D eigenvalue weighted by Crippen LogP contribution is -2.28. The van der Waals surface area contributed by atoms with Crippen LogP contribution >= 0.6 is 0 Å². The van der Waals surface area contributed by atoms with Crippen LogP contribution in [0.2, 0.25) is 0 Å². The maximum absolute atomic E-state index is 9.80. The lowest BCUT2D eigenvalue weighted by Gasteiger charge is -2.21. The maximum atomic E-state index is 9.80. The molecule has 32 heavy (non-hydrogen) atoms. The Morgan fingerprint density at radius 1 is 0.688 bits per heavy atom.